The quantitative estimate of drug-likeness (QED) is 0.0722. The Kier molecular flexibility index (Phi) is 18.7. The molecule has 0 radical (unpaired) electrons. The molecule has 0 saturated carbocycles. The molecule has 3 N–H and O–H groups in total. The first-order valence-corrected chi connectivity index (χ1v) is 19.1. The van der Waals surface area contributed by atoms with Crippen LogP contribution < -0.4 is 11.1 Å². The van der Waals surface area contributed by atoms with Crippen molar-refractivity contribution in [1.29, 1.82) is 0 Å². The van der Waals surface area contributed by atoms with E-state index < -0.39 is 0 Å². The normalized spacial score (nSPS) is 10.0. The first-order valence-electron chi connectivity index (χ1n) is 13.0. The molecule has 3 aromatic carbocycles. The third-order valence-corrected chi connectivity index (χ3v) is 11.3. The van der Waals surface area contributed by atoms with Crippen LogP contribution in [0.1, 0.15) is 28.1 Å². The molecule has 46 heavy (non-hydrogen) atoms. The monoisotopic (exact) mass is 972 g/mol. The van der Waals surface area contributed by atoms with Crippen molar-refractivity contribution < 1.29 is 0 Å². The molecule has 0 spiro atoms. The average molecular weight is 978 g/mol. The Labute approximate surface area is 325 Å². The number of H-pyrrole nitrogens is 3. The Morgan fingerprint density at radius 1 is 0.739 bits per heavy atom. The minimum absolute atomic E-state index is 0.134. The lowest BCUT2D eigenvalue weighted by molar-refractivity contribution is 0.905. The number of aryl methyl sites for hydroxylation is 3. The second kappa shape index (κ2) is 21.0. The van der Waals surface area contributed by atoms with Crippen LogP contribution in [-0.2, 0) is 11.1 Å². The SMILES string of the molecule is Cc1cc(=O)[nH]c(=S)[nH]1.Cc1cc(=O)[nH]c(SCc2cccc(Br)c2Cl)n1.Cc1cccc(Br)c1Cl.Clc1c(Br)cccc1CBr. The second-order valence-corrected chi connectivity index (χ2v) is 14.8. The third-order valence-electron chi connectivity index (χ3n) is 5.46. The van der Waals surface area contributed by atoms with Gasteiger partial charge in [-0.3, -0.25) is 14.6 Å². The first-order chi connectivity index (χ1) is 21.7. The Hall–Kier alpha value is -1.22. The summed E-state index contributed by atoms with van der Waals surface area (Å²) in [7, 11) is 0. The molecule has 2 aromatic heterocycles. The minimum Gasteiger partial charge on any atom is -0.336 e. The van der Waals surface area contributed by atoms with Gasteiger partial charge in [-0.15, -0.1) is 0 Å². The van der Waals surface area contributed by atoms with E-state index in [0.717, 1.165) is 51.2 Å². The maximum Gasteiger partial charge on any atom is 0.251 e. The van der Waals surface area contributed by atoms with Crippen molar-refractivity contribution in [3.05, 3.63) is 149 Å². The molecule has 0 fully saturated rings. The number of thioether (sulfide) groups is 1. The Balaban J connectivity index is 0.000000226. The van der Waals surface area contributed by atoms with Crippen molar-refractivity contribution in [2.45, 2.75) is 37.0 Å². The molecule has 0 unspecified atom stereocenters. The van der Waals surface area contributed by atoms with Gasteiger partial charge in [0.2, 0.25) is 0 Å². The maximum atomic E-state index is 11.3. The molecule has 2 heterocycles. The highest BCUT2D eigenvalue weighted by Gasteiger charge is 2.06. The van der Waals surface area contributed by atoms with Gasteiger partial charge in [0.15, 0.2) is 9.93 Å². The molecule has 15 heteroatoms. The van der Waals surface area contributed by atoms with Crippen molar-refractivity contribution in [2.75, 3.05) is 0 Å². The second-order valence-electron chi connectivity index (χ2n) is 9.18. The van der Waals surface area contributed by atoms with Gasteiger partial charge in [0, 0.05) is 48.0 Å². The van der Waals surface area contributed by atoms with E-state index in [1.807, 2.05) is 61.5 Å². The number of nitrogens with zero attached hydrogens (tertiary/aromatic N) is 1. The van der Waals surface area contributed by atoms with Crippen molar-refractivity contribution in [2.24, 2.45) is 0 Å². The standard InChI is InChI=1S/C12H10BrClN2OS.C7H5Br2Cl.C7H6BrCl.C5H6N2OS/c1-7-5-10(17)16-12(15-7)18-6-8-3-2-4-9(13)11(8)14;8-4-5-2-1-3-6(9)7(5)10;1-5-3-2-4-6(8)7(5)9;1-3-2-4(8)7-5(9)6-3/h2-5H,6H2,1H3,(H,15,16,17);1-3H,4H2;2-4H,1H3;2H,1H3,(H2,6,7,8,9). The molecule has 0 aliphatic heterocycles. The fourth-order valence-corrected chi connectivity index (χ4v) is 6.96. The summed E-state index contributed by atoms with van der Waals surface area (Å²) in [6.07, 6.45) is 0. The van der Waals surface area contributed by atoms with E-state index in [9.17, 15) is 9.59 Å². The molecule has 0 aliphatic carbocycles. The molecule has 0 aliphatic rings. The maximum absolute atomic E-state index is 11.3. The molecule has 5 rings (SSSR count). The van der Waals surface area contributed by atoms with Gasteiger partial charge in [0.05, 0.1) is 15.1 Å². The lowest BCUT2D eigenvalue weighted by atomic mass is 10.2. The van der Waals surface area contributed by atoms with Gasteiger partial charge in [-0.05, 0) is 116 Å². The summed E-state index contributed by atoms with van der Waals surface area (Å²) >= 11 is 37.4. The highest BCUT2D eigenvalue weighted by atomic mass is 79.9. The van der Waals surface area contributed by atoms with Crippen LogP contribution in [0.3, 0.4) is 0 Å². The van der Waals surface area contributed by atoms with Gasteiger partial charge in [0.25, 0.3) is 11.1 Å². The third kappa shape index (κ3) is 14.5. The largest absolute Gasteiger partial charge is 0.336 e. The van der Waals surface area contributed by atoms with E-state index in [2.05, 4.69) is 95.9 Å². The van der Waals surface area contributed by atoms with E-state index in [0.29, 0.717) is 26.4 Å². The lowest BCUT2D eigenvalue weighted by Crippen LogP contribution is -2.08. The Bertz CT molecular complexity index is 1890. The van der Waals surface area contributed by atoms with Crippen LogP contribution >= 0.6 is 123 Å². The van der Waals surface area contributed by atoms with Crippen LogP contribution in [0.4, 0.5) is 0 Å². The van der Waals surface area contributed by atoms with Crippen LogP contribution in [-0.4, -0.2) is 19.9 Å². The average Bonchev–Trinajstić information content (AvgIpc) is 2.98. The van der Waals surface area contributed by atoms with Crippen LogP contribution in [0.2, 0.25) is 15.1 Å². The van der Waals surface area contributed by atoms with Crippen molar-refractivity contribution >= 4 is 123 Å². The number of halogens is 7. The summed E-state index contributed by atoms with van der Waals surface area (Å²) in [6, 6.07) is 20.4. The van der Waals surface area contributed by atoms with Crippen molar-refractivity contribution in [1.82, 2.24) is 19.9 Å². The van der Waals surface area contributed by atoms with Crippen molar-refractivity contribution in [3.8, 4) is 0 Å². The molecule has 5 aromatic rings. The first kappa shape index (κ1) is 41.0. The van der Waals surface area contributed by atoms with E-state index in [1.165, 1.54) is 23.9 Å². The highest BCUT2D eigenvalue weighted by molar-refractivity contribution is 9.11. The van der Waals surface area contributed by atoms with Gasteiger partial charge < -0.3 is 9.97 Å². The lowest BCUT2D eigenvalue weighted by Gasteiger charge is -2.05. The predicted octanol–water partition coefficient (Wildman–Crippen LogP) is 11.9. The summed E-state index contributed by atoms with van der Waals surface area (Å²) in [6.45, 7) is 5.56. The zero-order valence-corrected chi connectivity index (χ0v) is 34.7. The number of benzene rings is 3. The van der Waals surface area contributed by atoms with Crippen LogP contribution in [0.25, 0.3) is 0 Å². The fourth-order valence-electron chi connectivity index (χ4n) is 3.28. The molecule has 244 valence electrons. The number of aromatic amines is 3. The fraction of sp³-hybridized carbons (Fsp3) is 0.161. The zero-order chi connectivity index (χ0) is 34.4. The van der Waals surface area contributed by atoms with E-state index in [-0.39, 0.29) is 11.1 Å². The van der Waals surface area contributed by atoms with Gasteiger partial charge in [-0.1, -0.05) is 98.9 Å². The Morgan fingerprint density at radius 2 is 1.26 bits per heavy atom. The molecule has 0 bridgehead atoms. The molecule has 0 amide bonds. The molecule has 0 saturated heterocycles. The van der Waals surface area contributed by atoms with Gasteiger partial charge in [-0.2, -0.15) is 0 Å². The smallest absolute Gasteiger partial charge is 0.251 e. The minimum atomic E-state index is -0.156. The molecular formula is C31H27Br4Cl3N4O2S2. The van der Waals surface area contributed by atoms with Gasteiger partial charge >= 0.3 is 0 Å². The van der Waals surface area contributed by atoms with E-state index in [4.69, 9.17) is 34.8 Å². The van der Waals surface area contributed by atoms with Gasteiger partial charge in [-0.25, -0.2) is 4.98 Å². The summed E-state index contributed by atoms with van der Waals surface area (Å²) in [5.74, 6) is 0.657. The highest BCUT2D eigenvalue weighted by Crippen LogP contribution is 2.30. The Morgan fingerprint density at radius 3 is 1.74 bits per heavy atom. The predicted molar refractivity (Wildman–Crippen MR) is 211 cm³/mol. The van der Waals surface area contributed by atoms with E-state index >= 15 is 0 Å². The molecular weight excluding hydrogens is 950 g/mol. The zero-order valence-electron chi connectivity index (χ0n) is 24.5. The number of hydrogen-bond acceptors (Lipinski definition) is 5. The number of hydrogen-bond donors (Lipinski definition) is 3. The molecule has 6 nitrogen and oxygen atoms in total. The summed E-state index contributed by atoms with van der Waals surface area (Å²) in [5, 5.41) is 3.69. The number of aromatic nitrogens is 4. The number of alkyl halides is 1. The number of rotatable bonds is 4. The van der Waals surface area contributed by atoms with Crippen LogP contribution in [0.5, 0.6) is 0 Å². The molecule has 0 atom stereocenters. The number of nitrogens with one attached hydrogen (secondary N) is 3. The van der Waals surface area contributed by atoms with E-state index in [1.54, 1.807) is 13.8 Å². The topological polar surface area (TPSA) is 94.4 Å². The van der Waals surface area contributed by atoms with Crippen molar-refractivity contribution in [3.63, 3.8) is 0 Å². The van der Waals surface area contributed by atoms with Crippen LogP contribution in [0, 0.1) is 25.5 Å². The summed E-state index contributed by atoms with van der Waals surface area (Å²) in [4.78, 5) is 34.0. The van der Waals surface area contributed by atoms with Crippen LogP contribution in [0.15, 0.2) is 94.9 Å². The van der Waals surface area contributed by atoms with Gasteiger partial charge in [0.1, 0.15) is 0 Å². The summed E-state index contributed by atoms with van der Waals surface area (Å²) < 4.78 is 3.16. The summed E-state index contributed by atoms with van der Waals surface area (Å²) in [5.41, 5.74) is 4.41.